The van der Waals surface area contributed by atoms with Gasteiger partial charge in [0.05, 0.1) is 6.20 Å². The van der Waals surface area contributed by atoms with Gasteiger partial charge in [0.1, 0.15) is 11.4 Å². The van der Waals surface area contributed by atoms with E-state index in [4.69, 9.17) is 0 Å². The van der Waals surface area contributed by atoms with Gasteiger partial charge in [-0.3, -0.25) is 0 Å². The first-order chi connectivity index (χ1) is 11.4. The van der Waals surface area contributed by atoms with Gasteiger partial charge >= 0.3 is 10.2 Å². The van der Waals surface area contributed by atoms with Crippen molar-refractivity contribution in [3.05, 3.63) is 71.7 Å². The van der Waals surface area contributed by atoms with Crippen LogP contribution in [-0.2, 0) is 16.6 Å². The lowest BCUT2D eigenvalue weighted by Gasteiger charge is -2.17. The lowest BCUT2D eigenvalue weighted by Crippen LogP contribution is -2.29. The summed E-state index contributed by atoms with van der Waals surface area (Å²) < 4.78 is 26.5. The zero-order valence-corrected chi connectivity index (χ0v) is 13.9. The van der Waals surface area contributed by atoms with Crippen molar-refractivity contribution in [1.29, 1.82) is 0 Å². The number of hydrogen-bond acceptors (Lipinski definition) is 4. The molecule has 2 aromatic carbocycles. The number of phenols is 1. The molecule has 24 heavy (non-hydrogen) atoms. The van der Waals surface area contributed by atoms with Crippen molar-refractivity contribution in [2.24, 2.45) is 0 Å². The summed E-state index contributed by atoms with van der Waals surface area (Å²) >= 11 is 0. The second-order valence-electron chi connectivity index (χ2n) is 5.76. The lowest BCUT2D eigenvalue weighted by molar-refractivity contribution is 0.392. The fraction of sp³-hybridized carbons (Fsp3) is 0.176. The summed E-state index contributed by atoms with van der Waals surface area (Å²) in [7, 11) is -3.91. The lowest BCUT2D eigenvalue weighted by atomic mass is 9.93. The molecule has 0 aromatic heterocycles. The van der Waals surface area contributed by atoms with Crippen molar-refractivity contribution in [2.75, 3.05) is 4.31 Å². The third-order valence-electron chi connectivity index (χ3n) is 3.92. The van der Waals surface area contributed by atoms with Crippen molar-refractivity contribution in [3.63, 3.8) is 0 Å². The number of benzene rings is 2. The predicted molar refractivity (Wildman–Crippen MR) is 91.9 cm³/mol. The molecule has 2 aromatic rings. The molecule has 0 radical (unpaired) electrons. The molecule has 0 saturated carbocycles. The highest BCUT2D eigenvalue weighted by atomic mass is 32.2. The van der Waals surface area contributed by atoms with Crippen molar-refractivity contribution >= 4 is 15.9 Å². The molecule has 0 aliphatic carbocycles. The number of aliphatic hydroxyl groups is 1. The van der Waals surface area contributed by atoms with Gasteiger partial charge in [0.25, 0.3) is 0 Å². The summed E-state index contributed by atoms with van der Waals surface area (Å²) in [5.74, 6) is -0.391. The summed E-state index contributed by atoms with van der Waals surface area (Å²) in [5.41, 5.74) is 2.17. The molecule has 3 rings (SSSR count). The molecule has 1 heterocycles. The van der Waals surface area contributed by atoms with Gasteiger partial charge in [0.2, 0.25) is 5.88 Å². The van der Waals surface area contributed by atoms with Crippen LogP contribution < -0.4 is 9.03 Å². The van der Waals surface area contributed by atoms with Crippen LogP contribution in [0.2, 0.25) is 0 Å². The van der Waals surface area contributed by atoms with Crippen LogP contribution in [0.5, 0.6) is 5.75 Å². The molecule has 1 aliphatic heterocycles. The van der Waals surface area contributed by atoms with E-state index >= 15 is 0 Å². The Kier molecular flexibility index (Phi) is 4.11. The van der Waals surface area contributed by atoms with Gasteiger partial charge in [-0.25, -0.2) is 9.03 Å². The van der Waals surface area contributed by atoms with Gasteiger partial charge in [0.15, 0.2) is 0 Å². The highest BCUT2D eigenvalue weighted by Crippen LogP contribution is 2.33. The number of nitrogens with one attached hydrogen (secondary N) is 1. The minimum atomic E-state index is -3.91. The summed E-state index contributed by atoms with van der Waals surface area (Å²) in [4.78, 5) is 0. The quantitative estimate of drug-likeness (QED) is 0.794. The maximum Gasteiger partial charge on any atom is 0.330 e. The molecule has 3 N–H and O–H groups in total. The number of anilines is 1. The van der Waals surface area contributed by atoms with Crippen molar-refractivity contribution < 1.29 is 18.6 Å². The minimum Gasteiger partial charge on any atom is -0.506 e. The molecular weight excluding hydrogens is 328 g/mol. The standard InChI is InChI=1S/C17H18N2O4S/c1-12(14-5-3-2-4-6-14)9-13-7-8-15(16(20)10-13)19-11-17(21)18-24(19,22)23/h2-8,10-12,18,20-21H,9H2,1H3. The van der Waals surface area contributed by atoms with E-state index in [9.17, 15) is 18.6 Å². The second kappa shape index (κ2) is 6.09. The average molecular weight is 346 g/mol. The maximum atomic E-state index is 11.9. The van der Waals surface area contributed by atoms with Gasteiger partial charge in [-0.15, -0.1) is 0 Å². The Labute approximate surface area is 140 Å². The van der Waals surface area contributed by atoms with Gasteiger partial charge < -0.3 is 10.2 Å². The van der Waals surface area contributed by atoms with Crippen LogP contribution >= 0.6 is 0 Å². The Hall–Kier alpha value is -2.67. The van der Waals surface area contributed by atoms with Crippen LogP contribution in [0.4, 0.5) is 5.69 Å². The number of hydrogen-bond donors (Lipinski definition) is 3. The van der Waals surface area contributed by atoms with Crippen LogP contribution in [0.1, 0.15) is 24.0 Å². The van der Waals surface area contributed by atoms with E-state index in [1.165, 1.54) is 11.6 Å². The molecule has 0 amide bonds. The fourth-order valence-electron chi connectivity index (χ4n) is 2.72. The maximum absolute atomic E-state index is 11.9. The first-order valence-corrected chi connectivity index (χ1v) is 8.90. The van der Waals surface area contributed by atoms with Crippen LogP contribution in [0.25, 0.3) is 0 Å². The van der Waals surface area contributed by atoms with Gasteiger partial charge in [-0.2, -0.15) is 8.42 Å². The molecule has 126 valence electrons. The molecule has 0 spiro atoms. The SMILES string of the molecule is CC(Cc1ccc(N2C=C(O)NS2(=O)=O)c(O)c1)c1ccccc1. The average Bonchev–Trinajstić information content (AvgIpc) is 2.81. The number of nitrogens with zero attached hydrogens (tertiary/aromatic N) is 1. The molecule has 0 saturated heterocycles. The summed E-state index contributed by atoms with van der Waals surface area (Å²) in [5, 5.41) is 19.5. The molecule has 1 aliphatic rings. The summed E-state index contributed by atoms with van der Waals surface area (Å²) in [6, 6.07) is 14.9. The normalized spacial score (nSPS) is 17.2. The predicted octanol–water partition coefficient (Wildman–Crippen LogP) is 2.75. The van der Waals surface area contributed by atoms with Crippen LogP contribution in [0.3, 0.4) is 0 Å². The highest BCUT2D eigenvalue weighted by Gasteiger charge is 2.30. The first kappa shape index (κ1) is 16.2. The number of rotatable bonds is 4. The Morgan fingerprint density at radius 3 is 2.42 bits per heavy atom. The number of aromatic hydroxyl groups is 1. The summed E-state index contributed by atoms with van der Waals surface area (Å²) in [6.45, 7) is 2.09. The van der Waals surface area contributed by atoms with Gasteiger partial charge in [-0.05, 0) is 35.6 Å². The second-order valence-corrected chi connectivity index (χ2v) is 7.30. The van der Waals surface area contributed by atoms with E-state index in [0.29, 0.717) is 6.42 Å². The van der Waals surface area contributed by atoms with Gasteiger partial charge in [-0.1, -0.05) is 43.3 Å². The Morgan fingerprint density at radius 1 is 1.12 bits per heavy atom. The molecule has 0 fully saturated rings. The zero-order valence-electron chi connectivity index (χ0n) is 13.0. The van der Waals surface area contributed by atoms with Crippen LogP contribution in [0.15, 0.2) is 60.6 Å². The molecular formula is C17H18N2O4S. The highest BCUT2D eigenvalue weighted by molar-refractivity contribution is 7.91. The molecule has 0 bridgehead atoms. The largest absolute Gasteiger partial charge is 0.506 e. The van der Waals surface area contributed by atoms with E-state index in [0.717, 1.165) is 16.1 Å². The number of aliphatic hydroxyl groups excluding tert-OH is 1. The third kappa shape index (κ3) is 3.16. The van der Waals surface area contributed by atoms with Crippen molar-refractivity contribution in [2.45, 2.75) is 19.3 Å². The fourth-order valence-corrected chi connectivity index (χ4v) is 3.79. The van der Waals surface area contributed by atoms with E-state index in [1.54, 1.807) is 12.1 Å². The van der Waals surface area contributed by atoms with Gasteiger partial charge in [0, 0.05) is 0 Å². The zero-order chi connectivity index (χ0) is 17.3. The summed E-state index contributed by atoms with van der Waals surface area (Å²) in [6.07, 6.45) is 1.72. The van der Waals surface area contributed by atoms with E-state index in [-0.39, 0.29) is 17.4 Å². The van der Waals surface area contributed by atoms with Crippen LogP contribution in [0, 0.1) is 0 Å². The monoisotopic (exact) mass is 346 g/mol. The number of phenolic OH excluding ortho intramolecular Hbond substituents is 1. The van der Waals surface area contributed by atoms with E-state index in [1.807, 2.05) is 22.9 Å². The molecule has 6 nitrogen and oxygen atoms in total. The van der Waals surface area contributed by atoms with Crippen LogP contribution in [-0.4, -0.2) is 18.6 Å². The van der Waals surface area contributed by atoms with Crippen molar-refractivity contribution in [3.8, 4) is 5.75 Å². The Morgan fingerprint density at radius 2 is 1.83 bits per heavy atom. The molecule has 1 atom stereocenters. The minimum absolute atomic E-state index is 0.0858. The topological polar surface area (TPSA) is 89.9 Å². The third-order valence-corrected chi connectivity index (χ3v) is 5.21. The van der Waals surface area contributed by atoms with Crippen molar-refractivity contribution in [1.82, 2.24) is 4.72 Å². The first-order valence-electron chi connectivity index (χ1n) is 7.46. The molecule has 7 heteroatoms. The van der Waals surface area contributed by atoms with E-state index in [2.05, 4.69) is 19.1 Å². The van der Waals surface area contributed by atoms with E-state index < -0.39 is 16.1 Å². The smallest absolute Gasteiger partial charge is 0.330 e. The molecule has 1 unspecified atom stereocenters. The Bertz CT molecular complexity index is 879. The Balaban J connectivity index is 1.83.